The molecule has 0 radical (unpaired) electrons. The van der Waals surface area contributed by atoms with Crippen LogP contribution >= 0.6 is 11.8 Å². The molecule has 2 N–H and O–H groups in total. The van der Waals surface area contributed by atoms with E-state index >= 15 is 0 Å². The highest BCUT2D eigenvalue weighted by molar-refractivity contribution is 8.00. The number of likely N-dealkylation sites (N-methyl/N-ethyl adjacent to an activating group) is 1. The third-order valence-electron chi connectivity index (χ3n) is 6.05. The number of fused-ring (bicyclic) bond motifs is 4. The summed E-state index contributed by atoms with van der Waals surface area (Å²) in [6, 6.07) is 17.0. The number of aliphatic hydroxyl groups is 2. The van der Waals surface area contributed by atoms with Gasteiger partial charge in [0, 0.05) is 23.5 Å². The Morgan fingerprint density at radius 3 is 2.83 bits per heavy atom. The zero-order chi connectivity index (χ0) is 20.0. The maximum atomic E-state index is 9.85. The molecule has 2 aromatic carbocycles. The van der Waals surface area contributed by atoms with Gasteiger partial charge >= 0.3 is 0 Å². The first-order chi connectivity index (χ1) is 14.1. The largest absolute Gasteiger partial charge is 0.394 e. The monoisotopic (exact) mass is 405 g/mol. The van der Waals surface area contributed by atoms with E-state index in [4.69, 9.17) is 0 Å². The highest BCUT2D eigenvalue weighted by atomic mass is 32.2. The molecule has 3 atom stereocenters. The zero-order valence-electron chi connectivity index (χ0n) is 16.4. The van der Waals surface area contributed by atoms with Gasteiger partial charge in [-0.3, -0.25) is 4.48 Å². The molecule has 0 bridgehead atoms. The first-order valence-electron chi connectivity index (χ1n) is 9.95. The van der Waals surface area contributed by atoms with Gasteiger partial charge in [0.05, 0.1) is 36.8 Å². The maximum Gasteiger partial charge on any atom is 0.173 e. The lowest BCUT2D eigenvalue weighted by Gasteiger charge is -2.45. The van der Waals surface area contributed by atoms with Crippen LogP contribution in [0.1, 0.15) is 5.56 Å². The summed E-state index contributed by atoms with van der Waals surface area (Å²) in [5, 5.41) is 19.5. The minimum absolute atomic E-state index is 0.236. The zero-order valence-corrected chi connectivity index (χ0v) is 17.2. The number of para-hydroxylation sites is 2. The van der Waals surface area contributed by atoms with Gasteiger partial charge < -0.3 is 15.1 Å². The summed E-state index contributed by atoms with van der Waals surface area (Å²) in [7, 11) is 2.33. The van der Waals surface area contributed by atoms with Crippen LogP contribution in [0.15, 0.2) is 83.4 Å². The summed E-state index contributed by atoms with van der Waals surface area (Å²) in [5.41, 5.74) is 6.29. The molecule has 148 valence electrons. The smallest absolute Gasteiger partial charge is 0.173 e. The summed E-state index contributed by atoms with van der Waals surface area (Å²) in [4.78, 5) is 3.40. The number of benzene rings is 2. The van der Waals surface area contributed by atoms with Crippen molar-refractivity contribution in [3.05, 3.63) is 84.1 Å². The Balaban J connectivity index is 1.41. The van der Waals surface area contributed by atoms with Crippen molar-refractivity contribution in [2.75, 3.05) is 31.6 Å². The molecule has 0 aromatic heterocycles. The third kappa shape index (κ3) is 3.06. The van der Waals surface area contributed by atoms with Gasteiger partial charge in [0.1, 0.15) is 12.2 Å². The van der Waals surface area contributed by atoms with E-state index in [1.807, 2.05) is 35.0 Å². The molecule has 0 spiro atoms. The molecule has 3 unspecified atom stereocenters. The number of aliphatic hydroxyl groups excluding tert-OH is 2. The van der Waals surface area contributed by atoms with Gasteiger partial charge in [-0.05, 0) is 29.9 Å². The van der Waals surface area contributed by atoms with Crippen molar-refractivity contribution < 1.29 is 10.2 Å². The summed E-state index contributed by atoms with van der Waals surface area (Å²) in [6.45, 7) is 1.20. The van der Waals surface area contributed by atoms with Crippen molar-refractivity contribution in [2.45, 2.75) is 16.4 Å². The number of allylic oxidation sites excluding steroid dienone is 4. The average molecular weight is 406 g/mol. The molecule has 0 aliphatic carbocycles. The van der Waals surface area contributed by atoms with E-state index < -0.39 is 6.10 Å². The van der Waals surface area contributed by atoms with Gasteiger partial charge in [0.2, 0.25) is 0 Å². The SMILES string of the molecule is C[N+]12C/C(=C\C=C3/C=CN(CC(O)CO)c4ccccc43)C1Sc1ccccc12. The van der Waals surface area contributed by atoms with E-state index in [2.05, 4.69) is 61.7 Å². The maximum absolute atomic E-state index is 9.85. The van der Waals surface area contributed by atoms with Gasteiger partial charge in [-0.15, -0.1) is 0 Å². The van der Waals surface area contributed by atoms with Crippen molar-refractivity contribution in [2.24, 2.45) is 0 Å². The van der Waals surface area contributed by atoms with Crippen LogP contribution in [0.2, 0.25) is 0 Å². The highest BCUT2D eigenvalue weighted by Gasteiger charge is 2.55. The third-order valence-corrected chi connectivity index (χ3v) is 7.64. The molecule has 3 aliphatic rings. The van der Waals surface area contributed by atoms with Crippen LogP contribution in [-0.4, -0.2) is 48.4 Å². The number of hydrogen-bond acceptors (Lipinski definition) is 4. The highest BCUT2D eigenvalue weighted by Crippen LogP contribution is 2.55. The Morgan fingerprint density at radius 2 is 1.97 bits per heavy atom. The number of anilines is 1. The summed E-state index contributed by atoms with van der Waals surface area (Å²) < 4.78 is 0.995. The van der Waals surface area contributed by atoms with Gasteiger partial charge in [-0.1, -0.05) is 48.2 Å². The topological polar surface area (TPSA) is 43.7 Å². The normalized spacial score (nSPS) is 28.1. The van der Waals surface area contributed by atoms with Crippen LogP contribution in [0.5, 0.6) is 0 Å². The van der Waals surface area contributed by atoms with E-state index in [1.54, 1.807) is 0 Å². The Morgan fingerprint density at radius 1 is 1.17 bits per heavy atom. The van der Waals surface area contributed by atoms with Crippen LogP contribution in [0, 0.1) is 0 Å². The molecule has 4 nitrogen and oxygen atoms in total. The molecule has 3 heterocycles. The molecule has 0 saturated carbocycles. The number of quaternary nitrogens is 1. The second-order valence-electron chi connectivity index (χ2n) is 8.05. The Labute approximate surface area is 175 Å². The Kier molecular flexibility index (Phi) is 4.63. The minimum atomic E-state index is -0.758. The molecule has 1 fully saturated rings. The Bertz CT molecular complexity index is 1040. The van der Waals surface area contributed by atoms with Crippen molar-refractivity contribution in [1.82, 2.24) is 4.48 Å². The van der Waals surface area contributed by atoms with Crippen LogP contribution in [0.25, 0.3) is 5.57 Å². The average Bonchev–Trinajstić information content (AvgIpc) is 2.97. The van der Waals surface area contributed by atoms with Crippen LogP contribution in [0.3, 0.4) is 0 Å². The number of rotatable bonds is 4. The van der Waals surface area contributed by atoms with E-state index in [1.165, 1.54) is 21.7 Å². The lowest BCUT2D eigenvalue weighted by atomic mass is 9.97. The molecule has 5 rings (SSSR count). The van der Waals surface area contributed by atoms with Crippen LogP contribution < -0.4 is 9.38 Å². The number of thioether (sulfide) groups is 1. The predicted molar refractivity (Wildman–Crippen MR) is 121 cm³/mol. The number of hydrogen-bond donors (Lipinski definition) is 2. The second-order valence-corrected chi connectivity index (χ2v) is 9.17. The van der Waals surface area contributed by atoms with E-state index in [-0.39, 0.29) is 6.61 Å². The summed E-state index contributed by atoms with van der Waals surface area (Å²) >= 11 is 1.97. The van der Waals surface area contributed by atoms with Gasteiger partial charge in [-0.25, -0.2) is 0 Å². The molecule has 5 heteroatoms. The molecular formula is C24H25N2O2S+. The fraction of sp³-hybridized carbons (Fsp3) is 0.250. The summed E-state index contributed by atoms with van der Waals surface area (Å²) in [6.07, 6.45) is 7.83. The molecule has 3 aliphatic heterocycles. The first kappa shape index (κ1) is 18.7. The van der Waals surface area contributed by atoms with E-state index in [9.17, 15) is 10.2 Å². The van der Waals surface area contributed by atoms with Crippen LogP contribution in [0.4, 0.5) is 11.4 Å². The van der Waals surface area contributed by atoms with Gasteiger partial charge in [0.25, 0.3) is 0 Å². The lowest BCUT2D eigenvalue weighted by molar-refractivity contribution is 0.101. The predicted octanol–water partition coefficient (Wildman–Crippen LogP) is 3.77. The van der Waals surface area contributed by atoms with Crippen LogP contribution in [-0.2, 0) is 0 Å². The quantitative estimate of drug-likeness (QED) is 0.760. The van der Waals surface area contributed by atoms with Crippen molar-refractivity contribution in [3.8, 4) is 0 Å². The van der Waals surface area contributed by atoms with Gasteiger partial charge in [-0.2, -0.15) is 0 Å². The minimum Gasteiger partial charge on any atom is -0.394 e. The molecule has 1 saturated heterocycles. The molecular weight excluding hydrogens is 380 g/mol. The summed E-state index contributed by atoms with van der Waals surface area (Å²) in [5.74, 6) is 0. The van der Waals surface area contributed by atoms with E-state index in [0.717, 1.165) is 22.3 Å². The fourth-order valence-corrected chi connectivity index (χ4v) is 6.05. The standard InChI is InChI=1S/C24H25N2O2S/c1-26-15-18(24(26)29-23-9-5-4-8-22(23)26)11-10-17-12-13-25(14-19(28)16-27)21-7-3-2-6-20(17)21/h2-13,19,24,27-28H,14-16H2,1H3/q+1/b17-10+,18-11+. The molecule has 0 amide bonds. The lowest BCUT2D eigenvalue weighted by Crippen LogP contribution is -2.61. The molecule has 29 heavy (non-hydrogen) atoms. The second kappa shape index (κ2) is 7.18. The molecule has 2 aromatic rings. The number of β-amino-alcohol motifs (C(OH)–C–C–N with tert-alkyl or cyclic N) is 1. The Hall–Kier alpha value is -2.31. The first-order valence-corrected chi connectivity index (χ1v) is 10.8. The van der Waals surface area contributed by atoms with E-state index in [0.29, 0.717) is 11.9 Å². The van der Waals surface area contributed by atoms with Crippen molar-refractivity contribution >= 4 is 28.7 Å². The van der Waals surface area contributed by atoms with Crippen molar-refractivity contribution in [1.29, 1.82) is 0 Å². The van der Waals surface area contributed by atoms with Gasteiger partial charge in [0.15, 0.2) is 5.37 Å². The van der Waals surface area contributed by atoms with Crippen molar-refractivity contribution in [3.63, 3.8) is 0 Å². The number of nitrogens with zero attached hydrogens (tertiary/aromatic N) is 2. The fourth-order valence-electron chi connectivity index (χ4n) is 4.53.